The summed E-state index contributed by atoms with van der Waals surface area (Å²) >= 11 is 0. The highest BCUT2D eigenvalue weighted by molar-refractivity contribution is 6.02. The van der Waals surface area contributed by atoms with Crippen molar-refractivity contribution in [2.24, 2.45) is 16.8 Å². The number of anilines is 1. The molecule has 2 rings (SSSR count). The standard InChI is InChI=1S/C13H20N4O2/c1-8-3-5-15-13(11(8)12(14)16-19)17-6-4-10(18)9(2)7-17/h3,5,9-10,18-19H,4,6-7H2,1-2H3,(H2,14,16). The largest absolute Gasteiger partial charge is 0.409 e. The molecule has 1 saturated heterocycles. The summed E-state index contributed by atoms with van der Waals surface area (Å²) in [6.45, 7) is 5.34. The Morgan fingerprint density at radius 3 is 2.95 bits per heavy atom. The maximum atomic E-state index is 9.79. The van der Waals surface area contributed by atoms with E-state index in [1.54, 1.807) is 6.20 Å². The molecule has 0 bridgehead atoms. The SMILES string of the molecule is Cc1ccnc(N2CCC(O)C(C)C2)c1/C(N)=N/O. The fourth-order valence-electron chi connectivity index (χ4n) is 2.48. The van der Waals surface area contributed by atoms with E-state index in [4.69, 9.17) is 10.9 Å². The van der Waals surface area contributed by atoms with Crippen LogP contribution >= 0.6 is 0 Å². The van der Waals surface area contributed by atoms with Gasteiger partial charge in [0, 0.05) is 19.3 Å². The number of oxime groups is 1. The summed E-state index contributed by atoms with van der Waals surface area (Å²) in [5.41, 5.74) is 7.33. The molecule has 2 unspecified atom stereocenters. The first-order chi connectivity index (χ1) is 9.04. The molecule has 1 aromatic heterocycles. The molecule has 6 heteroatoms. The van der Waals surface area contributed by atoms with Crippen molar-refractivity contribution < 1.29 is 10.3 Å². The summed E-state index contributed by atoms with van der Waals surface area (Å²) < 4.78 is 0. The van der Waals surface area contributed by atoms with Crippen LogP contribution in [-0.4, -0.2) is 40.3 Å². The van der Waals surface area contributed by atoms with Crippen molar-refractivity contribution in [1.29, 1.82) is 0 Å². The van der Waals surface area contributed by atoms with Crippen LogP contribution in [0.5, 0.6) is 0 Å². The molecule has 0 aromatic carbocycles. The van der Waals surface area contributed by atoms with Crippen LogP contribution in [-0.2, 0) is 0 Å². The Bertz CT molecular complexity index is 490. The first-order valence-electron chi connectivity index (χ1n) is 6.41. The molecule has 0 saturated carbocycles. The van der Waals surface area contributed by atoms with Gasteiger partial charge in [-0.05, 0) is 30.9 Å². The Morgan fingerprint density at radius 1 is 1.58 bits per heavy atom. The third kappa shape index (κ3) is 2.63. The lowest BCUT2D eigenvalue weighted by molar-refractivity contribution is 0.0969. The summed E-state index contributed by atoms with van der Waals surface area (Å²) in [7, 11) is 0. The second-order valence-corrected chi connectivity index (χ2v) is 5.09. The average Bonchev–Trinajstić information content (AvgIpc) is 2.41. The Labute approximate surface area is 112 Å². The highest BCUT2D eigenvalue weighted by atomic mass is 16.4. The van der Waals surface area contributed by atoms with Crippen molar-refractivity contribution in [3.8, 4) is 0 Å². The molecule has 1 fully saturated rings. The van der Waals surface area contributed by atoms with E-state index < -0.39 is 0 Å². The third-order valence-electron chi connectivity index (χ3n) is 3.66. The van der Waals surface area contributed by atoms with Gasteiger partial charge in [-0.2, -0.15) is 0 Å². The highest BCUT2D eigenvalue weighted by Gasteiger charge is 2.27. The Balaban J connectivity index is 2.37. The number of nitrogens with two attached hydrogens (primary N) is 1. The average molecular weight is 264 g/mol. The number of aromatic nitrogens is 1. The molecule has 2 heterocycles. The van der Waals surface area contributed by atoms with Crippen molar-refractivity contribution in [2.75, 3.05) is 18.0 Å². The number of pyridine rings is 1. The highest BCUT2D eigenvalue weighted by Crippen LogP contribution is 2.26. The predicted molar refractivity (Wildman–Crippen MR) is 73.5 cm³/mol. The zero-order chi connectivity index (χ0) is 14.0. The van der Waals surface area contributed by atoms with E-state index in [9.17, 15) is 5.11 Å². The molecule has 2 atom stereocenters. The smallest absolute Gasteiger partial charge is 0.174 e. The number of rotatable bonds is 2. The number of aliphatic hydroxyl groups excluding tert-OH is 1. The van der Waals surface area contributed by atoms with E-state index in [1.165, 1.54) is 0 Å². The minimum Gasteiger partial charge on any atom is -0.409 e. The lowest BCUT2D eigenvalue weighted by Gasteiger charge is -2.36. The topological polar surface area (TPSA) is 95.0 Å². The van der Waals surface area contributed by atoms with Gasteiger partial charge in [0.15, 0.2) is 5.84 Å². The van der Waals surface area contributed by atoms with Gasteiger partial charge in [-0.1, -0.05) is 12.1 Å². The van der Waals surface area contributed by atoms with E-state index in [1.807, 2.05) is 19.9 Å². The lowest BCUT2D eigenvalue weighted by atomic mass is 9.96. The zero-order valence-corrected chi connectivity index (χ0v) is 11.2. The van der Waals surface area contributed by atoms with Crippen LogP contribution in [0, 0.1) is 12.8 Å². The molecule has 19 heavy (non-hydrogen) atoms. The first-order valence-corrected chi connectivity index (χ1v) is 6.41. The summed E-state index contributed by atoms with van der Waals surface area (Å²) in [5, 5.41) is 21.8. The second kappa shape index (κ2) is 5.44. The normalized spacial score (nSPS) is 24.6. The molecule has 1 aromatic rings. The number of aryl methyl sites for hydroxylation is 1. The lowest BCUT2D eigenvalue weighted by Crippen LogP contribution is -2.43. The van der Waals surface area contributed by atoms with Gasteiger partial charge in [0.25, 0.3) is 0 Å². The molecule has 0 aliphatic carbocycles. The predicted octanol–water partition coefficient (Wildman–Crippen LogP) is 0.692. The van der Waals surface area contributed by atoms with Gasteiger partial charge in [0.2, 0.25) is 0 Å². The van der Waals surface area contributed by atoms with Gasteiger partial charge < -0.3 is 20.9 Å². The molecule has 4 N–H and O–H groups in total. The summed E-state index contributed by atoms with van der Waals surface area (Å²) in [4.78, 5) is 6.45. The number of aliphatic hydroxyl groups is 1. The summed E-state index contributed by atoms with van der Waals surface area (Å²) in [5.74, 6) is 0.963. The molecule has 0 radical (unpaired) electrons. The molecular weight excluding hydrogens is 244 g/mol. The quantitative estimate of drug-likeness (QED) is 0.316. The number of hydrogen-bond donors (Lipinski definition) is 3. The van der Waals surface area contributed by atoms with Crippen LogP contribution in [0.1, 0.15) is 24.5 Å². The van der Waals surface area contributed by atoms with Crippen molar-refractivity contribution >= 4 is 11.7 Å². The molecule has 104 valence electrons. The van der Waals surface area contributed by atoms with Crippen LogP contribution in [0.2, 0.25) is 0 Å². The van der Waals surface area contributed by atoms with E-state index in [-0.39, 0.29) is 17.9 Å². The number of piperidine rings is 1. The molecule has 1 aliphatic rings. The van der Waals surface area contributed by atoms with Gasteiger partial charge in [0.1, 0.15) is 5.82 Å². The van der Waals surface area contributed by atoms with Gasteiger partial charge in [-0.15, -0.1) is 0 Å². The molecule has 6 nitrogen and oxygen atoms in total. The van der Waals surface area contributed by atoms with Crippen molar-refractivity contribution in [2.45, 2.75) is 26.4 Å². The van der Waals surface area contributed by atoms with Gasteiger partial charge >= 0.3 is 0 Å². The molecule has 1 aliphatic heterocycles. The van der Waals surface area contributed by atoms with Crippen molar-refractivity contribution in [3.05, 3.63) is 23.4 Å². The summed E-state index contributed by atoms with van der Waals surface area (Å²) in [6.07, 6.45) is 2.15. The van der Waals surface area contributed by atoms with Crippen LogP contribution in [0.4, 0.5) is 5.82 Å². The van der Waals surface area contributed by atoms with Gasteiger partial charge in [-0.3, -0.25) is 0 Å². The number of hydrogen-bond acceptors (Lipinski definition) is 5. The fourth-order valence-corrected chi connectivity index (χ4v) is 2.48. The molecule has 0 spiro atoms. The number of nitrogens with zero attached hydrogens (tertiary/aromatic N) is 3. The Hall–Kier alpha value is -1.82. The van der Waals surface area contributed by atoms with Crippen LogP contribution < -0.4 is 10.6 Å². The van der Waals surface area contributed by atoms with E-state index in [0.717, 1.165) is 5.56 Å². The second-order valence-electron chi connectivity index (χ2n) is 5.09. The van der Waals surface area contributed by atoms with Crippen LogP contribution in [0.25, 0.3) is 0 Å². The number of amidine groups is 1. The Kier molecular flexibility index (Phi) is 3.90. The fraction of sp³-hybridized carbons (Fsp3) is 0.538. The van der Waals surface area contributed by atoms with Crippen LogP contribution in [0.15, 0.2) is 17.4 Å². The summed E-state index contributed by atoms with van der Waals surface area (Å²) in [6, 6.07) is 1.83. The van der Waals surface area contributed by atoms with E-state index in [0.29, 0.717) is 30.9 Å². The first kappa shape index (κ1) is 13.6. The maximum Gasteiger partial charge on any atom is 0.174 e. The van der Waals surface area contributed by atoms with Gasteiger partial charge in [0.05, 0.1) is 11.7 Å². The van der Waals surface area contributed by atoms with E-state index >= 15 is 0 Å². The monoisotopic (exact) mass is 264 g/mol. The van der Waals surface area contributed by atoms with Crippen molar-refractivity contribution in [1.82, 2.24) is 4.98 Å². The van der Waals surface area contributed by atoms with E-state index in [2.05, 4.69) is 15.0 Å². The minimum absolute atomic E-state index is 0.0689. The maximum absolute atomic E-state index is 9.79. The van der Waals surface area contributed by atoms with Crippen LogP contribution in [0.3, 0.4) is 0 Å². The minimum atomic E-state index is -0.270. The van der Waals surface area contributed by atoms with Gasteiger partial charge in [-0.25, -0.2) is 4.98 Å². The molecular formula is C13H20N4O2. The van der Waals surface area contributed by atoms with Crippen molar-refractivity contribution in [3.63, 3.8) is 0 Å². The zero-order valence-electron chi connectivity index (χ0n) is 11.2. The molecule has 0 amide bonds. The Morgan fingerprint density at radius 2 is 2.32 bits per heavy atom. The third-order valence-corrected chi connectivity index (χ3v) is 3.66.